The van der Waals surface area contributed by atoms with Crippen molar-refractivity contribution in [2.24, 2.45) is 5.73 Å². The van der Waals surface area contributed by atoms with Crippen molar-refractivity contribution < 1.29 is 4.74 Å². The lowest BCUT2D eigenvalue weighted by Crippen LogP contribution is -2.40. The lowest BCUT2D eigenvalue weighted by Gasteiger charge is -2.35. The average Bonchev–Trinajstić information content (AvgIpc) is 3.04. The fraction of sp³-hybridized carbons (Fsp3) is 0.667. The Morgan fingerprint density at radius 1 is 1.29 bits per heavy atom. The first-order valence-corrected chi connectivity index (χ1v) is 8.48. The van der Waals surface area contributed by atoms with Crippen molar-refractivity contribution in [2.45, 2.75) is 58.0 Å². The fourth-order valence-electron chi connectivity index (χ4n) is 3.46. The van der Waals surface area contributed by atoms with E-state index < -0.39 is 0 Å². The van der Waals surface area contributed by atoms with Gasteiger partial charge >= 0.3 is 0 Å². The van der Waals surface area contributed by atoms with E-state index in [1.54, 1.807) is 0 Å². The third kappa shape index (κ3) is 4.21. The molecular weight excluding hydrogens is 260 g/mol. The van der Waals surface area contributed by atoms with Crippen LogP contribution in [0.1, 0.15) is 57.6 Å². The standard InChI is InChI=1S/C18H30N2O/c1-3-12-21-17-11-7-8-15(13-17)18(14-19)20(4-2)16-9-5-6-10-16/h7-8,11,13,16,18H,3-6,9-10,12,14,19H2,1-2H3. The van der Waals surface area contributed by atoms with E-state index in [4.69, 9.17) is 10.5 Å². The SMILES string of the molecule is CCCOc1cccc(C(CN)N(CC)C2CCCC2)c1. The van der Waals surface area contributed by atoms with Gasteiger partial charge in [-0.15, -0.1) is 0 Å². The third-order valence-electron chi connectivity index (χ3n) is 4.50. The van der Waals surface area contributed by atoms with Crippen LogP contribution in [0.15, 0.2) is 24.3 Å². The Kier molecular flexibility index (Phi) is 6.52. The second-order valence-electron chi connectivity index (χ2n) is 5.94. The minimum Gasteiger partial charge on any atom is -0.494 e. The molecule has 1 aliphatic carbocycles. The quantitative estimate of drug-likeness (QED) is 0.792. The molecule has 21 heavy (non-hydrogen) atoms. The fourth-order valence-corrected chi connectivity index (χ4v) is 3.46. The van der Waals surface area contributed by atoms with E-state index >= 15 is 0 Å². The van der Waals surface area contributed by atoms with E-state index in [2.05, 4.69) is 36.9 Å². The van der Waals surface area contributed by atoms with Crippen LogP contribution in [-0.2, 0) is 0 Å². The van der Waals surface area contributed by atoms with Crippen molar-refractivity contribution in [3.8, 4) is 5.75 Å². The molecule has 0 aromatic heterocycles. The molecular formula is C18H30N2O. The molecule has 3 nitrogen and oxygen atoms in total. The second kappa shape index (κ2) is 8.40. The van der Waals surface area contributed by atoms with Gasteiger partial charge in [-0.3, -0.25) is 4.90 Å². The maximum absolute atomic E-state index is 6.12. The molecule has 0 saturated heterocycles. The van der Waals surface area contributed by atoms with Crippen molar-refractivity contribution >= 4 is 0 Å². The summed E-state index contributed by atoms with van der Waals surface area (Å²) in [6.07, 6.45) is 6.39. The van der Waals surface area contributed by atoms with Gasteiger partial charge in [-0.2, -0.15) is 0 Å². The first kappa shape index (κ1) is 16.3. The number of likely N-dealkylation sites (N-methyl/N-ethyl adjacent to an activating group) is 1. The summed E-state index contributed by atoms with van der Waals surface area (Å²) in [7, 11) is 0. The van der Waals surface area contributed by atoms with Crippen LogP contribution in [0, 0.1) is 0 Å². The van der Waals surface area contributed by atoms with Gasteiger partial charge in [0.15, 0.2) is 0 Å². The average molecular weight is 290 g/mol. The van der Waals surface area contributed by atoms with Crippen LogP contribution in [0.25, 0.3) is 0 Å². The largest absolute Gasteiger partial charge is 0.494 e. The Labute approximate surface area is 129 Å². The predicted octanol–water partition coefficient (Wildman–Crippen LogP) is 3.74. The minimum absolute atomic E-state index is 0.309. The lowest BCUT2D eigenvalue weighted by molar-refractivity contribution is 0.147. The number of rotatable bonds is 8. The van der Waals surface area contributed by atoms with E-state index in [9.17, 15) is 0 Å². The molecule has 118 valence electrons. The topological polar surface area (TPSA) is 38.5 Å². The van der Waals surface area contributed by atoms with E-state index in [1.807, 2.05) is 6.07 Å². The highest BCUT2D eigenvalue weighted by molar-refractivity contribution is 5.31. The summed E-state index contributed by atoms with van der Waals surface area (Å²) in [5.41, 5.74) is 7.41. The molecule has 2 N–H and O–H groups in total. The number of hydrogen-bond donors (Lipinski definition) is 1. The van der Waals surface area contributed by atoms with E-state index in [-0.39, 0.29) is 0 Å². The molecule has 1 aromatic rings. The molecule has 0 heterocycles. The molecule has 1 aliphatic rings. The Balaban J connectivity index is 2.14. The summed E-state index contributed by atoms with van der Waals surface area (Å²) < 4.78 is 5.77. The molecule has 1 fully saturated rings. The Hall–Kier alpha value is -1.06. The molecule has 0 radical (unpaired) electrons. The normalized spacial score (nSPS) is 17.3. The molecule has 3 heteroatoms. The summed E-state index contributed by atoms with van der Waals surface area (Å²) in [6.45, 7) is 6.88. The minimum atomic E-state index is 0.309. The van der Waals surface area contributed by atoms with Gasteiger partial charge in [-0.25, -0.2) is 0 Å². The molecule has 1 unspecified atom stereocenters. The molecule has 2 rings (SSSR count). The zero-order chi connectivity index (χ0) is 15.1. The predicted molar refractivity (Wildman–Crippen MR) is 88.7 cm³/mol. The smallest absolute Gasteiger partial charge is 0.119 e. The van der Waals surface area contributed by atoms with Crippen molar-refractivity contribution in [3.05, 3.63) is 29.8 Å². The van der Waals surface area contributed by atoms with Gasteiger partial charge < -0.3 is 10.5 Å². The van der Waals surface area contributed by atoms with Crippen LogP contribution >= 0.6 is 0 Å². The molecule has 0 spiro atoms. The Morgan fingerprint density at radius 3 is 2.67 bits per heavy atom. The number of nitrogens with two attached hydrogens (primary N) is 1. The molecule has 1 atom stereocenters. The summed E-state index contributed by atoms with van der Waals surface area (Å²) in [4.78, 5) is 2.59. The van der Waals surface area contributed by atoms with Crippen molar-refractivity contribution in [3.63, 3.8) is 0 Å². The van der Waals surface area contributed by atoms with Crippen LogP contribution in [0.3, 0.4) is 0 Å². The van der Waals surface area contributed by atoms with Crippen molar-refractivity contribution in [1.29, 1.82) is 0 Å². The monoisotopic (exact) mass is 290 g/mol. The van der Waals surface area contributed by atoms with E-state index in [1.165, 1.54) is 31.2 Å². The third-order valence-corrected chi connectivity index (χ3v) is 4.50. The highest BCUT2D eigenvalue weighted by atomic mass is 16.5. The summed E-state index contributed by atoms with van der Waals surface area (Å²) in [5.74, 6) is 0.968. The molecule has 0 bridgehead atoms. The number of nitrogens with zero attached hydrogens (tertiary/aromatic N) is 1. The number of benzene rings is 1. The summed E-state index contributed by atoms with van der Waals surface area (Å²) in [6, 6.07) is 9.50. The van der Waals surface area contributed by atoms with Crippen LogP contribution in [0.5, 0.6) is 5.75 Å². The molecule has 1 saturated carbocycles. The van der Waals surface area contributed by atoms with Gasteiger partial charge in [0.25, 0.3) is 0 Å². The zero-order valence-electron chi connectivity index (χ0n) is 13.6. The lowest BCUT2D eigenvalue weighted by atomic mass is 10.0. The van der Waals surface area contributed by atoms with Gasteiger partial charge in [-0.1, -0.05) is 38.8 Å². The van der Waals surface area contributed by atoms with Gasteiger partial charge in [0, 0.05) is 18.6 Å². The van der Waals surface area contributed by atoms with Crippen molar-refractivity contribution in [1.82, 2.24) is 4.90 Å². The van der Waals surface area contributed by atoms with Crippen LogP contribution in [0.4, 0.5) is 0 Å². The maximum Gasteiger partial charge on any atom is 0.119 e. The second-order valence-corrected chi connectivity index (χ2v) is 5.94. The Bertz CT molecular complexity index is 415. The molecule has 0 amide bonds. The highest BCUT2D eigenvalue weighted by Crippen LogP contribution is 2.31. The van der Waals surface area contributed by atoms with Gasteiger partial charge in [0.2, 0.25) is 0 Å². The number of ether oxygens (including phenoxy) is 1. The van der Waals surface area contributed by atoms with Gasteiger partial charge in [0.1, 0.15) is 5.75 Å². The highest BCUT2D eigenvalue weighted by Gasteiger charge is 2.27. The summed E-state index contributed by atoms with van der Waals surface area (Å²) in [5, 5.41) is 0. The Morgan fingerprint density at radius 2 is 2.05 bits per heavy atom. The van der Waals surface area contributed by atoms with E-state index in [0.717, 1.165) is 25.3 Å². The van der Waals surface area contributed by atoms with Crippen LogP contribution < -0.4 is 10.5 Å². The molecule has 1 aromatic carbocycles. The summed E-state index contributed by atoms with van der Waals surface area (Å²) >= 11 is 0. The maximum atomic E-state index is 6.12. The molecule has 0 aliphatic heterocycles. The number of hydrogen-bond acceptors (Lipinski definition) is 3. The first-order chi connectivity index (χ1) is 10.3. The van der Waals surface area contributed by atoms with Gasteiger partial charge in [-0.05, 0) is 43.5 Å². The van der Waals surface area contributed by atoms with Crippen LogP contribution in [0.2, 0.25) is 0 Å². The first-order valence-electron chi connectivity index (χ1n) is 8.48. The van der Waals surface area contributed by atoms with Crippen molar-refractivity contribution in [2.75, 3.05) is 19.7 Å². The van der Waals surface area contributed by atoms with Gasteiger partial charge in [0.05, 0.1) is 6.61 Å². The van der Waals surface area contributed by atoms with Crippen LogP contribution in [-0.4, -0.2) is 30.6 Å². The van der Waals surface area contributed by atoms with E-state index in [0.29, 0.717) is 18.6 Å². The zero-order valence-corrected chi connectivity index (χ0v) is 13.6.